The maximum atomic E-state index is 12.5. The molecule has 1 fully saturated rings. The minimum atomic E-state index is -3.31. The number of aromatic nitrogens is 2. The first-order chi connectivity index (χ1) is 16.0. The maximum absolute atomic E-state index is 12.5. The van der Waals surface area contributed by atoms with Gasteiger partial charge in [-0.3, -0.25) is 0 Å². The molecule has 1 saturated carbocycles. The van der Waals surface area contributed by atoms with Crippen molar-refractivity contribution < 1.29 is 13.2 Å². The topological polar surface area (TPSA) is 72.1 Å². The van der Waals surface area contributed by atoms with Crippen LogP contribution in [-0.2, 0) is 9.84 Å². The van der Waals surface area contributed by atoms with Gasteiger partial charge in [0.25, 0.3) is 0 Å². The Kier molecular flexibility index (Phi) is 6.06. The monoisotopic (exact) mass is 482 g/mol. The number of halogens is 1. The summed E-state index contributed by atoms with van der Waals surface area (Å²) in [6.07, 6.45) is 7.91. The highest BCUT2D eigenvalue weighted by molar-refractivity contribution is 7.91. The van der Waals surface area contributed by atoms with Crippen molar-refractivity contribution in [3.05, 3.63) is 53.7 Å². The van der Waals surface area contributed by atoms with E-state index in [4.69, 9.17) is 16.3 Å². The fourth-order valence-electron chi connectivity index (χ4n) is 4.78. The van der Waals surface area contributed by atoms with Crippen molar-refractivity contribution in [2.75, 3.05) is 12.4 Å². The van der Waals surface area contributed by atoms with Crippen LogP contribution in [0.15, 0.2) is 53.6 Å². The summed E-state index contributed by atoms with van der Waals surface area (Å²) in [6, 6.07) is 13.0. The molecule has 1 aliphatic rings. The summed E-state index contributed by atoms with van der Waals surface area (Å²) in [5, 5.41) is 2.37. The highest BCUT2D eigenvalue weighted by Crippen LogP contribution is 2.40. The Balaban J connectivity index is 1.65. The lowest BCUT2D eigenvalue weighted by atomic mass is 9.90. The van der Waals surface area contributed by atoms with Gasteiger partial charge in [0.05, 0.1) is 27.8 Å². The molecule has 0 bridgehead atoms. The highest BCUT2D eigenvalue weighted by atomic mass is 35.5. The Morgan fingerprint density at radius 2 is 1.94 bits per heavy atom. The number of fused-ring (bicyclic) bond motifs is 3. The number of nitrogens with one attached hydrogen (secondary N) is 1. The van der Waals surface area contributed by atoms with Crippen LogP contribution >= 0.6 is 11.6 Å². The second kappa shape index (κ2) is 8.99. The summed E-state index contributed by atoms with van der Waals surface area (Å²) in [4.78, 5) is 8.21. The Morgan fingerprint density at radius 3 is 2.73 bits per heavy atom. The molecule has 1 aliphatic carbocycles. The van der Waals surface area contributed by atoms with Crippen LogP contribution in [0.4, 0.5) is 0 Å². The molecule has 0 radical (unpaired) electrons. The molecule has 2 aromatic heterocycles. The summed E-state index contributed by atoms with van der Waals surface area (Å²) in [7, 11) is -3.31. The Bertz CT molecular complexity index is 1420. The van der Waals surface area contributed by atoms with Gasteiger partial charge in [0, 0.05) is 17.0 Å². The van der Waals surface area contributed by atoms with E-state index in [-0.39, 0.29) is 5.75 Å². The van der Waals surface area contributed by atoms with E-state index in [9.17, 15) is 8.42 Å². The van der Waals surface area contributed by atoms with Crippen LogP contribution in [0, 0.1) is 5.92 Å². The molecular formula is C26H27ClN2O3S. The minimum Gasteiger partial charge on any atom is -0.491 e. The zero-order valence-electron chi connectivity index (χ0n) is 18.6. The van der Waals surface area contributed by atoms with Crippen molar-refractivity contribution in [1.82, 2.24) is 9.97 Å². The molecule has 0 spiro atoms. The van der Waals surface area contributed by atoms with E-state index in [1.165, 1.54) is 32.1 Å². The molecule has 172 valence electrons. The van der Waals surface area contributed by atoms with E-state index in [2.05, 4.69) is 9.97 Å². The van der Waals surface area contributed by atoms with Crippen molar-refractivity contribution >= 4 is 43.4 Å². The second-order valence-corrected chi connectivity index (χ2v) is 11.5. The summed E-state index contributed by atoms with van der Waals surface area (Å²) >= 11 is 6.29. The zero-order valence-corrected chi connectivity index (χ0v) is 20.2. The standard InChI is InChI=1S/C26H27ClN2O3S/c1-2-33(30,31)20-10-6-9-18(13-20)21-11-12-23(32-16-17-7-4-3-5-8-17)25-24(21)22-14-19(27)15-28-26(22)29-25/h6,9-15,17H,2-5,7-8,16H2,1H3,(H,28,29). The van der Waals surface area contributed by atoms with Gasteiger partial charge in [0.2, 0.25) is 0 Å². The Labute approximate surface area is 199 Å². The molecule has 0 atom stereocenters. The van der Waals surface area contributed by atoms with Gasteiger partial charge in [-0.25, -0.2) is 13.4 Å². The van der Waals surface area contributed by atoms with Crippen LogP contribution < -0.4 is 4.74 Å². The first-order valence-corrected chi connectivity index (χ1v) is 13.5. The van der Waals surface area contributed by atoms with Crippen molar-refractivity contribution in [2.45, 2.75) is 43.9 Å². The predicted molar refractivity (Wildman–Crippen MR) is 134 cm³/mol. The van der Waals surface area contributed by atoms with Gasteiger partial charge < -0.3 is 9.72 Å². The Morgan fingerprint density at radius 1 is 1.12 bits per heavy atom. The molecule has 0 aliphatic heterocycles. The molecule has 5 rings (SSSR count). The van der Waals surface area contributed by atoms with Crippen molar-refractivity contribution in [3.63, 3.8) is 0 Å². The van der Waals surface area contributed by atoms with Gasteiger partial charge in [0.15, 0.2) is 9.84 Å². The lowest BCUT2D eigenvalue weighted by Crippen LogP contribution is -2.15. The lowest BCUT2D eigenvalue weighted by molar-refractivity contribution is 0.210. The van der Waals surface area contributed by atoms with Crippen LogP contribution in [-0.4, -0.2) is 30.7 Å². The lowest BCUT2D eigenvalue weighted by Gasteiger charge is -2.22. The molecular weight excluding hydrogens is 456 g/mol. The molecule has 33 heavy (non-hydrogen) atoms. The first kappa shape index (κ1) is 22.2. The van der Waals surface area contributed by atoms with E-state index < -0.39 is 9.84 Å². The number of aromatic amines is 1. The number of rotatable bonds is 6. The number of ether oxygens (including phenoxy) is 1. The molecule has 0 saturated heterocycles. The number of benzene rings is 2. The van der Waals surface area contributed by atoms with E-state index in [1.807, 2.05) is 24.3 Å². The highest BCUT2D eigenvalue weighted by Gasteiger charge is 2.20. The number of sulfone groups is 1. The van der Waals surface area contributed by atoms with Gasteiger partial charge in [-0.2, -0.15) is 0 Å². The quantitative estimate of drug-likeness (QED) is 0.328. The molecule has 5 nitrogen and oxygen atoms in total. The van der Waals surface area contributed by atoms with Crippen LogP contribution in [0.25, 0.3) is 33.1 Å². The van der Waals surface area contributed by atoms with E-state index in [0.717, 1.165) is 38.8 Å². The summed E-state index contributed by atoms with van der Waals surface area (Å²) in [6.45, 7) is 2.36. The van der Waals surface area contributed by atoms with Gasteiger partial charge in [-0.05, 0) is 60.2 Å². The fraction of sp³-hybridized carbons (Fsp3) is 0.346. The van der Waals surface area contributed by atoms with Gasteiger partial charge in [0.1, 0.15) is 11.4 Å². The zero-order chi connectivity index (χ0) is 23.0. The number of pyridine rings is 1. The minimum absolute atomic E-state index is 0.0619. The molecule has 7 heteroatoms. The first-order valence-electron chi connectivity index (χ1n) is 11.5. The molecule has 4 aromatic rings. The maximum Gasteiger partial charge on any atom is 0.178 e. The van der Waals surface area contributed by atoms with E-state index >= 15 is 0 Å². The van der Waals surface area contributed by atoms with Crippen LogP contribution in [0.1, 0.15) is 39.0 Å². The number of H-pyrrole nitrogens is 1. The van der Waals surface area contributed by atoms with Gasteiger partial charge >= 0.3 is 0 Å². The molecule has 2 heterocycles. The van der Waals surface area contributed by atoms with Gasteiger partial charge in [-0.15, -0.1) is 0 Å². The number of nitrogens with zero attached hydrogens (tertiary/aromatic N) is 1. The average molecular weight is 483 g/mol. The normalized spacial score (nSPS) is 15.3. The third-order valence-electron chi connectivity index (χ3n) is 6.62. The summed E-state index contributed by atoms with van der Waals surface area (Å²) in [5.41, 5.74) is 3.33. The largest absolute Gasteiger partial charge is 0.491 e. The summed E-state index contributed by atoms with van der Waals surface area (Å²) < 4.78 is 31.3. The summed E-state index contributed by atoms with van der Waals surface area (Å²) in [5.74, 6) is 1.43. The van der Waals surface area contributed by atoms with Gasteiger partial charge in [-0.1, -0.05) is 49.9 Å². The third-order valence-corrected chi connectivity index (χ3v) is 8.56. The van der Waals surface area contributed by atoms with Crippen LogP contribution in [0.2, 0.25) is 5.02 Å². The smallest absolute Gasteiger partial charge is 0.178 e. The Hall–Kier alpha value is -2.57. The van der Waals surface area contributed by atoms with Crippen molar-refractivity contribution in [2.24, 2.45) is 5.92 Å². The predicted octanol–water partition coefficient (Wildman–Crippen LogP) is 6.79. The number of hydrogen-bond acceptors (Lipinski definition) is 4. The van der Waals surface area contributed by atoms with Crippen molar-refractivity contribution in [3.8, 4) is 16.9 Å². The van der Waals surface area contributed by atoms with E-state index in [1.54, 1.807) is 31.3 Å². The SMILES string of the molecule is CCS(=O)(=O)c1cccc(-c2ccc(OCC3CCCCC3)c3[nH]c4ncc(Cl)cc4c23)c1. The molecule has 0 unspecified atom stereocenters. The second-order valence-electron chi connectivity index (χ2n) is 8.78. The molecule has 1 N–H and O–H groups in total. The average Bonchev–Trinajstić information content (AvgIpc) is 3.22. The van der Waals surface area contributed by atoms with Crippen LogP contribution in [0.3, 0.4) is 0 Å². The molecule has 2 aromatic carbocycles. The van der Waals surface area contributed by atoms with E-state index in [0.29, 0.717) is 22.4 Å². The fourth-order valence-corrected chi connectivity index (χ4v) is 5.86. The third kappa shape index (κ3) is 4.34. The van der Waals surface area contributed by atoms with Crippen LogP contribution in [0.5, 0.6) is 5.75 Å². The molecule has 0 amide bonds. The van der Waals surface area contributed by atoms with Crippen molar-refractivity contribution in [1.29, 1.82) is 0 Å². The number of hydrogen-bond donors (Lipinski definition) is 1.